The number of methoxy groups -OCH3 is 1. The molecule has 78 valence electrons. The number of nitrogens with one attached hydrogen (secondary N) is 1. The number of hydrogen-bond acceptors (Lipinski definition) is 7. The van der Waals surface area contributed by atoms with Crippen molar-refractivity contribution in [2.24, 2.45) is 0 Å². The number of ether oxygens (including phenoxy) is 1. The van der Waals surface area contributed by atoms with Gasteiger partial charge in [0.1, 0.15) is 5.03 Å². The number of hydroxylamine groups is 2. The van der Waals surface area contributed by atoms with Gasteiger partial charge in [0.2, 0.25) is 0 Å². The summed E-state index contributed by atoms with van der Waals surface area (Å²) in [6.07, 6.45) is -0.532. The molecule has 0 aromatic heterocycles. The summed E-state index contributed by atoms with van der Waals surface area (Å²) in [6, 6.07) is 0. The van der Waals surface area contributed by atoms with Gasteiger partial charge in [-0.2, -0.15) is 0 Å². The van der Waals surface area contributed by atoms with Gasteiger partial charge >= 0.3 is 6.09 Å². The molecule has 2 aliphatic rings. The average Bonchev–Trinajstić information content (AvgIpc) is 2.69. The smallest absolute Gasteiger partial charge is 0.448 e. The number of carbonyl (C=O) groups excluding carboxylic acids is 1. The molecule has 0 bridgehead atoms. The van der Waals surface area contributed by atoms with Gasteiger partial charge in [-0.25, -0.2) is 9.86 Å². The number of amides is 1. The molecule has 2 rings (SSSR count). The number of nitrogens with zero attached hydrogens (tertiary/aromatic N) is 3. The third-order valence-corrected chi connectivity index (χ3v) is 3.04. The summed E-state index contributed by atoms with van der Waals surface area (Å²) in [5, 5.41) is 14.0. The first-order valence-electron chi connectivity index (χ1n) is 3.87. The predicted octanol–water partition coefficient (Wildman–Crippen LogP) is -0.0581. The molecule has 0 radical (unpaired) electrons. The lowest BCUT2D eigenvalue weighted by Gasteiger charge is -2.26. The van der Waals surface area contributed by atoms with Crippen molar-refractivity contribution in [1.82, 2.24) is 20.6 Å². The molecule has 0 saturated heterocycles. The SMILES string of the molecule is COC(=O)N1NC2=C(SCN2O)N1C. The molecular weight excluding hydrogens is 208 g/mol. The van der Waals surface area contributed by atoms with Gasteiger partial charge in [0, 0.05) is 7.05 Å². The molecule has 2 heterocycles. The highest BCUT2D eigenvalue weighted by Crippen LogP contribution is 2.35. The van der Waals surface area contributed by atoms with E-state index in [0.29, 0.717) is 11.7 Å². The largest absolute Gasteiger partial charge is 0.450 e. The van der Waals surface area contributed by atoms with Crippen LogP contribution in [0.4, 0.5) is 4.79 Å². The normalized spacial score (nSPS) is 20.1. The number of thioether (sulfide) groups is 1. The molecule has 8 heteroatoms. The van der Waals surface area contributed by atoms with Crippen LogP contribution in [0, 0.1) is 0 Å². The van der Waals surface area contributed by atoms with Crippen molar-refractivity contribution in [1.29, 1.82) is 0 Å². The monoisotopic (exact) mass is 218 g/mol. The van der Waals surface area contributed by atoms with Crippen molar-refractivity contribution < 1.29 is 14.7 Å². The Hall–Kier alpha value is -1.28. The van der Waals surface area contributed by atoms with Crippen molar-refractivity contribution in [2.75, 3.05) is 20.0 Å². The van der Waals surface area contributed by atoms with Crippen LogP contribution in [-0.2, 0) is 4.74 Å². The Morgan fingerprint density at radius 3 is 3.00 bits per heavy atom. The van der Waals surface area contributed by atoms with Crippen LogP contribution < -0.4 is 5.43 Å². The molecule has 1 amide bonds. The Morgan fingerprint density at radius 1 is 1.71 bits per heavy atom. The van der Waals surface area contributed by atoms with Crippen LogP contribution in [0.3, 0.4) is 0 Å². The number of rotatable bonds is 0. The van der Waals surface area contributed by atoms with Crippen LogP contribution in [0.5, 0.6) is 0 Å². The summed E-state index contributed by atoms with van der Waals surface area (Å²) in [5.41, 5.74) is 2.72. The van der Waals surface area contributed by atoms with Gasteiger partial charge in [0.05, 0.1) is 13.0 Å². The van der Waals surface area contributed by atoms with E-state index in [0.717, 1.165) is 10.1 Å². The molecule has 2 aliphatic heterocycles. The second-order valence-electron chi connectivity index (χ2n) is 2.74. The summed E-state index contributed by atoms with van der Waals surface area (Å²) in [7, 11) is 3.00. The quantitative estimate of drug-likeness (QED) is 0.590. The minimum Gasteiger partial charge on any atom is -0.450 e. The molecule has 0 atom stereocenters. The summed E-state index contributed by atoms with van der Waals surface area (Å²) in [6.45, 7) is 0. The summed E-state index contributed by atoms with van der Waals surface area (Å²) in [5.74, 6) is 0.958. The minimum atomic E-state index is -0.532. The molecule has 0 aromatic rings. The van der Waals surface area contributed by atoms with Crippen molar-refractivity contribution in [2.45, 2.75) is 0 Å². The number of hydrazine groups is 2. The Labute approximate surface area is 84.8 Å². The molecule has 0 saturated carbocycles. The van der Waals surface area contributed by atoms with E-state index in [9.17, 15) is 10.0 Å². The summed E-state index contributed by atoms with van der Waals surface area (Å²) < 4.78 is 4.55. The third-order valence-electron chi connectivity index (χ3n) is 1.94. The van der Waals surface area contributed by atoms with E-state index in [1.165, 1.54) is 24.0 Å². The van der Waals surface area contributed by atoms with Gasteiger partial charge in [-0.1, -0.05) is 11.8 Å². The molecule has 0 spiro atoms. The zero-order valence-electron chi connectivity index (χ0n) is 7.72. The number of carbonyl (C=O) groups is 1. The zero-order valence-corrected chi connectivity index (χ0v) is 8.54. The third kappa shape index (κ3) is 1.15. The lowest BCUT2D eigenvalue weighted by Crippen LogP contribution is -2.47. The fourth-order valence-corrected chi connectivity index (χ4v) is 2.17. The lowest BCUT2D eigenvalue weighted by molar-refractivity contribution is -0.0533. The summed E-state index contributed by atoms with van der Waals surface area (Å²) >= 11 is 1.43. The van der Waals surface area contributed by atoms with Gasteiger partial charge in [-0.3, -0.25) is 15.6 Å². The molecule has 7 nitrogen and oxygen atoms in total. The van der Waals surface area contributed by atoms with Crippen LogP contribution >= 0.6 is 11.8 Å². The van der Waals surface area contributed by atoms with Crippen molar-refractivity contribution in [3.8, 4) is 0 Å². The second-order valence-corrected chi connectivity index (χ2v) is 3.68. The molecule has 0 fully saturated rings. The Kier molecular flexibility index (Phi) is 2.08. The van der Waals surface area contributed by atoms with E-state index in [4.69, 9.17) is 0 Å². The average molecular weight is 218 g/mol. The Morgan fingerprint density at radius 2 is 2.43 bits per heavy atom. The van der Waals surface area contributed by atoms with Crippen molar-refractivity contribution in [3.05, 3.63) is 10.9 Å². The van der Waals surface area contributed by atoms with E-state index in [1.54, 1.807) is 12.1 Å². The molecule has 2 N–H and O–H groups in total. The maximum atomic E-state index is 11.2. The standard InChI is InChI=1S/C6H10N4O3S/c1-8-5-4(9(12)3-14-5)7-10(8)6(11)13-2/h7,12H,3H2,1-2H3. The van der Waals surface area contributed by atoms with Crippen molar-refractivity contribution in [3.63, 3.8) is 0 Å². The van der Waals surface area contributed by atoms with E-state index >= 15 is 0 Å². The van der Waals surface area contributed by atoms with Gasteiger partial charge in [0.25, 0.3) is 0 Å². The fraction of sp³-hybridized carbons (Fsp3) is 0.500. The molecule has 0 aromatic carbocycles. The number of hydrogen-bond donors (Lipinski definition) is 2. The van der Waals surface area contributed by atoms with E-state index < -0.39 is 6.09 Å². The maximum Gasteiger partial charge on any atom is 0.448 e. The molecule has 0 unspecified atom stereocenters. The van der Waals surface area contributed by atoms with Gasteiger partial charge in [-0.15, -0.1) is 5.12 Å². The minimum absolute atomic E-state index is 0.455. The van der Waals surface area contributed by atoms with E-state index in [2.05, 4.69) is 10.2 Å². The topological polar surface area (TPSA) is 68.3 Å². The van der Waals surface area contributed by atoms with Crippen molar-refractivity contribution >= 4 is 17.9 Å². The first-order chi connectivity index (χ1) is 6.65. The van der Waals surface area contributed by atoms with Crippen LogP contribution in [-0.4, -0.2) is 46.5 Å². The first-order valence-corrected chi connectivity index (χ1v) is 4.85. The maximum absolute atomic E-state index is 11.2. The Balaban J connectivity index is 2.16. The van der Waals surface area contributed by atoms with E-state index in [-0.39, 0.29) is 0 Å². The predicted molar refractivity (Wildman–Crippen MR) is 48.3 cm³/mol. The fourth-order valence-electron chi connectivity index (χ4n) is 1.24. The van der Waals surface area contributed by atoms with Gasteiger partial charge in [0.15, 0.2) is 5.82 Å². The molecular formula is C6H10N4O3S. The van der Waals surface area contributed by atoms with Crippen LogP contribution in [0.15, 0.2) is 10.9 Å². The highest BCUT2D eigenvalue weighted by atomic mass is 32.2. The molecule has 0 aliphatic carbocycles. The van der Waals surface area contributed by atoms with Crippen LogP contribution in [0.25, 0.3) is 0 Å². The van der Waals surface area contributed by atoms with Gasteiger partial charge < -0.3 is 4.74 Å². The van der Waals surface area contributed by atoms with E-state index in [1.807, 2.05) is 0 Å². The highest BCUT2D eigenvalue weighted by Gasteiger charge is 2.38. The van der Waals surface area contributed by atoms with Crippen LogP contribution in [0.2, 0.25) is 0 Å². The van der Waals surface area contributed by atoms with Crippen LogP contribution in [0.1, 0.15) is 0 Å². The second kappa shape index (κ2) is 3.14. The summed E-state index contributed by atoms with van der Waals surface area (Å²) in [4.78, 5) is 11.2. The Bertz CT molecular complexity index is 307. The zero-order chi connectivity index (χ0) is 10.3. The lowest BCUT2D eigenvalue weighted by atomic mass is 10.7. The first kappa shape index (κ1) is 9.28. The van der Waals surface area contributed by atoms with Gasteiger partial charge in [-0.05, 0) is 0 Å². The molecule has 14 heavy (non-hydrogen) atoms. The highest BCUT2D eigenvalue weighted by molar-refractivity contribution is 8.03.